The fraction of sp³-hybridized carbons (Fsp3) is 0.444. The van der Waals surface area contributed by atoms with Crippen LogP contribution in [0.25, 0.3) is 10.2 Å². The molecule has 1 aromatic carbocycles. The van der Waals surface area contributed by atoms with Crippen molar-refractivity contribution in [3.63, 3.8) is 0 Å². The van der Waals surface area contributed by atoms with Crippen molar-refractivity contribution < 1.29 is 13.2 Å². The summed E-state index contributed by atoms with van der Waals surface area (Å²) in [6, 6.07) is 7.76. The predicted molar refractivity (Wildman–Crippen MR) is 99.4 cm³/mol. The van der Waals surface area contributed by atoms with Crippen LogP contribution in [0.5, 0.6) is 0 Å². The van der Waals surface area contributed by atoms with Crippen molar-refractivity contribution in [3.8, 4) is 0 Å². The Hall–Kier alpha value is -1.73. The average molecular weight is 377 g/mol. The molecule has 1 saturated heterocycles. The van der Waals surface area contributed by atoms with E-state index in [4.69, 9.17) is 4.98 Å². The highest BCUT2D eigenvalue weighted by atomic mass is 32.2. The van der Waals surface area contributed by atoms with Crippen LogP contribution in [-0.4, -0.2) is 36.9 Å². The van der Waals surface area contributed by atoms with E-state index in [0.717, 1.165) is 21.6 Å². The van der Waals surface area contributed by atoms with Crippen LogP contribution >= 0.6 is 11.3 Å². The quantitative estimate of drug-likeness (QED) is 0.836. The topological polar surface area (TPSA) is 76.1 Å². The van der Waals surface area contributed by atoms with Crippen LogP contribution in [0.1, 0.15) is 30.2 Å². The number of rotatable bonds is 3. The zero-order chi connectivity index (χ0) is 17.4. The number of aromatic nitrogens is 1. The third-order valence-electron chi connectivity index (χ3n) is 4.98. The lowest BCUT2D eigenvalue weighted by atomic mass is 9.82. The Morgan fingerprint density at radius 1 is 1.20 bits per heavy atom. The Morgan fingerprint density at radius 2 is 2.00 bits per heavy atom. The third kappa shape index (κ3) is 3.48. The van der Waals surface area contributed by atoms with E-state index in [0.29, 0.717) is 12.8 Å². The highest BCUT2D eigenvalue weighted by molar-refractivity contribution is 7.91. The first kappa shape index (κ1) is 16.7. The number of thiazole rings is 1. The molecule has 0 radical (unpaired) electrons. The molecule has 0 saturated carbocycles. The summed E-state index contributed by atoms with van der Waals surface area (Å²) >= 11 is 1.65. The zero-order valence-electron chi connectivity index (χ0n) is 13.7. The monoisotopic (exact) mass is 376 g/mol. The lowest BCUT2D eigenvalue weighted by molar-refractivity contribution is -0.126. The minimum absolute atomic E-state index is 0.0456. The minimum atomic E-state index is -2.99. The van der Waals surface area contributed by atoms with Gasteiger partial charge in [0, 0.05) is 12.0 Å². The van der Waals surface area contributed by atoms with Crippen molar-refractivity contribution in [2.45, 2.75) is 31.2 Å². The first-order chi connectivity index (χ1) is 12.0. The van der Waals surface area contributed by atoms with E-state index in [9.17, 15) is 13.2 Å². The van der Waals surface area contributed by atoms with Gasteiger partial charge in [-0.2, -0.15) is 0 Å². The molecular formula is C18H20N2O3S2. The maximum atomic E-state index is 12.8. The highest BCUT2D eigenvalue weighted by Crippen LogP contribution is 2.38. The summed E-state index contributed by atoms with van der Waals surface area (Å²) in [6.07, 6.45) is 6.13. The number of fused-ring (bicyclic) bond motifs is 1. The number of carbonyl (C=O) groups is 1. The SMILES string of the molecule is O=C(N[C@@H]1CCS(=O)(=O)C1)[C@@H]1CC=CC[C@@H]1c1nc2ccccc2s1. The number of allylic oxidation sites excluding steroid dienone is 2. The average Bonchev–Trinajstić information content (AvgIpc) is 3.17. The van der Waals surface area contributed by atoms with Crippen molar-refractivity contribution in [1.29, 1.82) is 0 Å². The molecule has 1 fully saturated rings. The number of carbonyl (C=O) groups excluding carboxylic acids is 1. The third-order valence-corrected chi connectivity index (χ3v) is 7.91. The standard InChI is InChI=1S/C18H20N2O3S2/c21-17(19-12-9-10-25(22,23)11-12)13-5-1-2-6-14(13)18-20-15-7-3-4-8-16(15)24-18/h1-4,7-8,12-14H,5-6,9-11H2,(H,19,21)/t12-,13-,14+/m1/s1. The molecule has 1 aliphatic carbocycles. The van der Waals surface area contributed by atoms with Gasteiger partial charge in [0.1, 0.15) is 0 Å². The summed E-state index contributed by atoms with van der Waals surface area (Å²) in [6.45, 7) is 0. The first-order valence-corrected chi connectivity index (χ1v) is 11.2. The van der Waals surface area contributed by atoms with Crippen LogP contribution in [-0.2, 0) is 14.6 Å². The second-order valence-corrected chi connectivity index (χ2v) is 10.1. The van der Waals surface area contributed by atoms with Gasteiger partial charge in [0.25, 0.3) is 0 Å². The fourth-order valence-corrected chi connectivity index (χ4v) is 6.46. The Labute approximate surface area is 151 Å². The molecule has 0 unspecified atom stereocenters. The summed E-state index contributed by atoms with van der Waals surface area (Å²) < 4.78 is 24.4. The number of nitrogens with zero attached hydrogens (tertiary/aromatic N) is 1. The Bertz CT molecular complexity index is 900. The van der Waals surface area contributed by atoms with Crippen LogP contribution in [0.3, 0.4) is 0 Å². The number of nitrogens with one attached hydrogen (secondary N) is 1. The summed E-state index contributed by atoms with van der Waals surface area (Å²) in [5.41, 5.74) is 0.970. The number of para-hydroxylation sites is 1. The Balaban J connectivity index is 1.54. The normalized spacial score (nSPS) is 28.2. The predicted octanol–water partition coefficient (Wildman–Crippen LogP) is 2.65. The van der Waals surface area contributed by atoms with Gasteiger partial charge in [0.15, 0.2) is 9.84 Å². The van der Waals surface area contributed by atoms with Crippen LogP contribution < -0.4 is 5.32 Å². The second kappa shape index (κ2) is 6.53. The summed E-state index contributed by atoms with van der Waals surface area (Å²) in [7, 11) is -2.99. The van der Waals surface area contributed by atoms with E-state index >= 15 is 0 Å². The van der Waals surface area contributed by atoms with Gasteiger partial charge in [-0.05, 0) is 31.4 Å². The van der Waals surface area contributed by atoms with Crippen molar-refractivity contribution in [1.82, 2.24) is 10.3 Å². The lowest BCUT2D eigenvalue weighted by Gasteiger charge is -2.27. The van der Waals surface area contributed by atoms with E-state index in [-0.39, 0.29) is 35.3 Å². The van der Waals surface area contributed by atoms with Gasteiger partial charge >= 0.3 is 0 Å². The summed E-state index contributed by atoms with van der Waals surface area (Å²) in [5.74, 6) is 0.0571. The van der Waals surface area contributed by atoms with Crippen LogP contribution in [0, 0.1) is 5.92 Å². The molecule has 25 heavy (non-hydrogen) atoms. The summed E-state index contributed by atoms with van der Waals surface area (Å²) in [5, 5.41) is 3.95. The highest BCUT2D eigenvalue weighted by Gasteiger charge is 2.35. The van der Waals surface area contributed by atoms with E-state index in [1.165, 1.54) is 0 Å². The molecule has 2 heterocycles. The molecule has 0 bridgehead atoms. The number of hydrogen-bond acceptors (Lipinski definition) is 5. The van der Waals surface area contributed by atoms with Gasteiger partial charge in [-0.1, -0.05) is 24.3 Å². The zero-order valence-corrected chi connectivity index (χ0v) is 15.4. The number of amides is 1. The number of hydrogen-bond donors (Lipinski definition) is 1. The molecule has 132 valence electrons. The summed E-state index contributed by atoms with van der Waals surface area (Å²) in [4.78, 5) is 17.5. The number of benzene rings is 1. The molecule has 1 amide bonds. The minimum Gasteiger partial charge on any atom is -0.352 e. The van der Waals surface area contributed by atoms with Crippen LogP contribution in [0.2, 0.25) is 0 Å². The molecule has 1 aromatic heterocycles. The molecule has 1 aliphatic heterocycles. The second-order valence-electron chi connectivity index (χ2n) is 6.78. The van der Waals surface area contributed by atoms with E-state index in [1.54, 1.807) is 11.3 Å². The van der Waals surface area contributed by atoms with Crippen molar-refractivity contribution in [2.24, 2.45) is 5.92 Å². The smallest absolute Gasteiger partial charge is 0.224 e. The molecule has 7 heteroatoms. The van der Waals surface area contributed by atoms with Gasteiger partial charge in [-0.15, -0.1) is 11.3 Å². The van der Waals surface area contributed by atoms with Crippen molar-refractivity contribution >= 4 is 37.3 Å². The molecule has 3 atom stereocenters. The van der Waals surface area contributed by atoms with E-state index in [2.05, 4.69) is 11.4 Å². The molecule has 0 spiro atoms. The fourth-order valence-electron chi connectivity index (χ4n) is 3.64. The molecule has 5 nitrogen and oxygen atoms in total. The van der Waals surface area contributed by atoms with Gasteiger partial charge in [0.2, 0.25) is 5.91 Å². The largest absolute Gasteiger partial charge is 0.352 e. The molecular weight excluding hydrogens is 356 g/mol. The Morgan fingerprint density at radius 3 is 2.76 bits per heavy atom. The molecule has 2 aliphatic rings. The molecule has 4 rings (SSSR count). The van der Waals surface area contributed by atoms with Crippen molar-refractivity contribution in [2.75, 3.05) is 11.5 Å². The van der Waals surface area contributed by atoms with Gasteiger partial charge < -0.3 is 5.32 Å². The maximum absolute atomic E-state index is 12.8. The van der Waals surface area contributed by atoms with Crippen LogP contribution in [0.4, 0.5) is 0 Å². The van der Waals surface area contributed by atoms with E-state index in [1.807, 2.05) is 30.3 Å². The molecule has 1 N–H and O–H groups in total. The van der Waals surface area contributed by atoms with Gasteiger partial charge in [-0.25, -0.2) is 13.4 Å². The van der Waals surface area contributed by atoms with Gasteiger partial charge in [-0.3, -0.25) is 4.79 Å². The lowest BCUT2D eigenvalue weighted by Crippen LogP contribution is -2.41. The number of sulfone groups is 1. The van der Waals surface area contributed by atoms with E-state index < -0.39 is 9.84 Å². The van der Waals surface area contributed by atoms with Crippen molar-refractivity contribution in [3.05, 3.63) is 41.4 Å². The Kier molecular flexibility index (Phi) is 4.37. The molecule has 2 aromatic rings. The maximum Gasteiger partial charge on any atom is 0.224 e. The van der Waals surface area contributed by atoms with Gasteiger partial charge in [0.05, 0.1) is 32.6 Å². The first-order valence-electron chi connectivity index (χ1n) is 8.53. The van der Waals surface area contributed by atoms with Crippen LogP contribution in [0.15, 0.2) is 36.4 Å².